The second-order valence-corrected chi connectivity index (χ2v) is 9.63. The van der Waals surface area contributed by atoms with E-state index in [-0.39, 0.29) is 24.4 Å². The quantitative estimate of drug-likeness (QED) is 0.449. The van der Waals surface area contributed by atoms with Gasteiger partial charge in [-0.1, -0.05) is 30.3 Å². The van der Waals surface area contributed by atoms with Crippen LogP contribution in [0.25, 0.3) is 0 Å². The van der Waals surface area contributed by atoms with E-state index in [1.54, 1.807) is 23.3 Å². The van der Waals surface area contributed by atoms with Crippen molar-refractivity contribution >= 4 is 34.5 Å². The Labute approximate surface area is 205 Å². The van der Waals surface area contributed by atoms with Gasteiger partial charge in [-0.05, 0) is 61.0 Å². The molecule has 7 heteroatoms. The van der Waals surface area contributed by atoms with Crippen LogP contribution in [0.2, 0.25) is 0 Å². The van der Waals surface area contributed by atoms with Gasteiger partial charge in [0.1, 0.15) is 5.75 Å². The highest BCUT2D eigenvalue weighted by Crippen LogP contribution is 2.29. The Morgan fingerprint density at radius 3 is 2.62 bits per heavy atom. The van der Waals surface area contributed by atoms with Crippen molar-refractivity contribution in [3.05, 3.63) is 76.5 Å². The molecule has 0 unspecified atom stereocenters. The van der Waals surface area contributed by atoms with E-state index >= 15 is 0 Å². The summed E-state index contributed by atoms with van der Waals surface area (Å²) in [5.74, 6) is 0.825. The van der Waals surface area contributed by atoms with E-state index in [2.05, 4.69) is 34.7 Å². The van der Waals surface area contributed by atoms with Crippen LogP contribution >= 0.6 is 11.3 Å². The number of carbonyl (C=O) groups is 2. The van der Waals surface area contributed by atoms with Crippen molar-refractivity contribution in [2.45, 2.75) is 38.8 Å². The summed E-state index contributed by atoms with van der Waals surface area (Å²) in [6.45, 7) is 3.75. The number of nitrogens with one attached hydrogen (secondary N) is 1. The van der Waals surface area contributed by atoms with E-state index in [4.69, 9.17) is 4.74 Å². The second-order valence-electron chi connectivity index (χ2n) is 8.60. The van der Waals surface area contributed by atoms with Gasteiger partial charge in [-0.3, -0.25) is 14.5 Å². The van der Waals surface area contributed by atoms with Gasteiger partial charge in [-0.25, -0.2) is 0 Å². The molecule has 1 atom stereocenters. The normalized spacial score (nSPS) is 14.4. The van der Waals surface area contributed by atoms with Crippen LogP contribution in [0, 0.1) is 0 Å². The topological polar surface area (TPSA) is 61.9 Å². The summed E-state index contributed by atoms with van der Waals surface area (Å²) in [6.07, 6.45) is 2.27. The summed E-state index contributed by atoms with van der Waals surface area (Å²) in [5, 5.41) is 5.15. The second kappa shape index (κ2) is 11.3. The Hall–Kier alpha value is -3.16. The van der Waals surface area contributed by atoms with E-state index in [0.29, 0.717) is 25.2 Å². The molecule has 2 heterocycles. The van der Waals surface area contributed by atoms with Crippen LogP contribution in [0.1, 0.15) is 30.2 Å². The van der Waals surface area contributed by atoms with Crippen molar-refractivity contribution in [2.75, 3.05) is 30.4 Å². The molecule has 0 aliphatic carbocycles. The smallest absolute Gasteiger partial charge is 0.238 e. The minimum absolute atomic E-state index is 0.0920. The van der Waals surface area contributed by atoms with E-state index in [9.17, 15) is 9.59 Å². The monoisotopic (exact) mass is 477 g/mol. The average molecular weight is 478 g/mol. The number of benzene rings is 2. The molecule has 0 saturated carbocycles. The number of rotatable bonds is 10. The van der Waals surface area contributed by atoms with Gasteiger partial charge >= 0.3 is 0 Å². The van der Waals surface area contributed by atoms with Gasteiger partial charge in [0.05, 0.1) is 25.0 Å². The van der Waals surface area contributed by atoms with Crippen LogP contribution in [0.5, 0.6) is 5.75 Å². The molecular weight excluding hydrogens is 446 g/mol. The fourth-order valence-corrected chi connectivity index (χ4v) is 5.10. The minimum Gasteiger partial charge on any atom is -0.497 e. The highest BCUT2D eigenvalue weighted by atomic mass is 32.1. The molecule has 1 saturated heterocycles. The number of para-hydroxylation sites is 2. The molecule has 1 aliphatic heterocycles. The Morgan fingerprint density at radius 2 is 1.94 bits per heavy atom. The van der Waals surface area contributed by atoms with Gasteiger partial charge in [-0.2, -0.15) is 0 Å². The molecular formula is C27H31N3O3S. The molecule has 6 nitrogen and oxygen atoms in total. The molecule has 1 N–H and O–H groups in total. The van der Waals surface area contributed by atoms with Gasteiger partial charge < -0.3 is 15.0 Å². The van der Waals surface area contributed by atoms with Crippen molar-refractivity contribution in [1.29, 1.82) is 0 Å². The summed E-state index contributed by atoms with van der Waals surface area (Å²) in [4.78, 5) is 30.7. The van der Waals surface area contributed by atoms with E-state index in [1.807, 2.05) is 48.5 Å². The fourth-order valence-electron chi connectivity index (χ4n) is 4.27. The lowest BCUT2D eigenvalue weighted by Gasteiger charge is -2.29. The van der Waals surface area contributed by atoms with Gasteiger partial charge in [0.15, 0.2) is 0 Å². The number of nitrogens with zero attached hydrogens (tertiary/aromatic N) is 2. The molecule has 178 valence electrons. The highest BCUT2D eigenvalue weighted by Gasteiger charge is 2.25. The van der Waals surface area contributed by atoms with Crippen molar-refractivity contribution in [2.24, 2.45) is 0 Å². The van der Waals surface area contributed by atoms with Crippen LogP contribution in [-0.4, -0.2) is 43.0 Å². The standard InChI is InChI=1S/C27H31N3O3S/c1-20(17-23-7-6-16-34-23)29(18-21-11-13-22(33-2)14-12-21)19-26(31)28-24-8-3-4-9-25(24)30-15-5-10-27(30)32/h3-4,6-9,11-14,16,20H,5,10,15,17-19H2,1-2H3,(H,28,31)/t20-/m1/s1. The highest BCUT2D eigenvalue weighted by molar-refractivity contribution is 7.09. The maximum absolute atomic E-state index is 13.2. The molecule has 0 bridgehead atoms. The van der Waals surface area contributed by atoms with E-state index in [1.165, 1.54) is 4.88 Å². The van der Waals surface area contributed by atoms with Gasteiger partial charge in [0, 0.05) is 30.4 Å². The van der Waals surface area contributed by atoms with Crippen LogP contribution < -0.4 is 15.0 Å². The predicted octanol–water partition coefficient (Wildman–Crippen LogP) is 4.96. The summed E-state index contributed by atoms with van der Waals surface area (Å²) >= 11 is 1.74. The minimum atomic E-state index is -0.0920. The van der Waals surface area contributed by atoms with Crippen molar-refractivity contribution in [1.82, 2.24) is 4.90 Å². The summed E-state index contributed by atoms with van der Waals surface area (Å²) in [6, 6.07) is 19.9. The molecule has 3 aromatic rings. The first-order valence-corrected chi connectivity index (χ1v) is 12.5. The zero-order valence-corrected chi connectivity index (χ0v) is 20.5. The molecule has 1 fully saturated rings. The summed E-state index contributed by atoms with van der Waals surface area (Å²) < 4.78 is 5.28. The lowest BCUT2D eigenvalue weighted by Crippen LogP contribution is -2.40. The molecule has 1 aliphatic rings. The fraction of sp³-hybridized carbons (Fsp3) is 0.333. The molecule has 34 heavy (non-hydrogen) atoms. The first-order valence-electron chi connectivity index (χ1n) is 11.6. The predicted molar refractivity (Wildman–Crippen MR) is 138 cm³/mol. The van der Waals surface area contributed by atoms with Crippen LogP contribution in [0.15, 0.2) is 66.0 Å². The zero-order chi connectivity index (χ0) is 23.9. The first-order chi connectivity index (χ1) is 16.5. The number of anilines is 2. The Kier molecular flexibility index (Phi) is 7.98. The number of ether oxygens (including phenoxy) is 1. The van der Waals surface area contributed by atoms with Crippen molar-refractivity contribution < 1.29 is 14.3 Å². The third-order valence-electron chi connectivity index (χ3n) is 6.13. The van der Waals surface area contributed by atoms with Gasteiger partial charge in [0.2, 0.25) is 11.8 Å². The maximum Gasteiger partial charge on any atom is 0.238 e. The number of hydrogen-bond acceptors (Lipinski definition) is 5. The first kappa shape index (κ1) is 24.0. The third kappa shape index (κ3) is 6.04. The summed E-state index contributed by atoms with van der Waals surface area (Å²) in [7, 11) is 1.66. The maximum atomic E-state index is 13.2. The molecule has 4 rings (SSSR count). The van der Waals surface area contributed by atoms with Crippen molar-refractivity contribution in [3.8, 4) is 5.75 Å². The van der Waals surface area contributed by atoms with E-state index in [0.717, 1.165) is 29.8 Å². The van der Waals surface area contributed by atoms with Crippen LogP contribution in [-0.2, 0) is 22.6 Å². The third-order valence-corrected chi connectivity index (χ3v) is 7.03. The SMILES string of the molecule is COc1ccc(CN(CC(=O)Nc2ccccc2N2CCCC2=O)[C@H](C)Cc2cccs2)cc1. The number of methoxy groups -OCH3 is 1. The van der Waals surface area contributed by atoms with E-state index < -0.39 is 0 Å². The molecule has 2 amide bonds. The van der Waals surface area contributed by atoms with Crippen molar-refractivity contribution in [3.63, 3.8) is 0 Å². The molecule has 0 radical (unpaired) electrons. The zero-order valence-electron chi connectivity index (χ0n) is 19.7. The lowest BCUT2D eigenvalue weighted by molar-refractivity contribution is -0.118. The average Bonchev–Trinajstić information content (AvgIpc) is 3.51. The summed E-state index contributed by atoms with van der Waals surface area (Å²) in [5.41, 5.74) is 2.57. The number of hydrogen-bond donors (Lipinski definition) is 1. The Morgan fingerprint density at radius 1 is 1.15 bits per heavy atom. The number of amides is 2. The molecule has 2 aromatic carbocycles. The van der Waals surface area contributed by atoms with Crippen LogP contribution in [0.3, 0.4) is 0 Å². The van der Waals surface area contributed by atoms with Gasteiger partial charge in [-0.15, -0.1) is 11.3 Å². The number of carbonyl (C=O) groups excluding carboxylic acids is 2. The lowest BCUT2D eigenvalue weighted by atomic mass is 10.1. The molecule has 1 aromatic heterocycles. The largest absolute Gasteiger partial charge is 0.497 e. The molecule has 0 spiro atoms. The Balaban J connectivity index is 1.49. The Bertz CT molecular complexity index is 1100. The van der Waals surface area contributed by atoms with Crippen LogP contribution in [0.4, 0.5) is 11.4 Å². The van der Waals surface area contributed by atoms with Gasteiger partial charge in [0.25, 0.3) is 0 Å². The number of thiophene rings is 1.